The van der Waals surface area contributed by atoms with E-state index in [-0.39, 0.29) is 11.3 Å². The molecular formula is C14H9F2N3O2S. The Hall–Kier alpha value is -2.61. The zero-order chi connectivity index (χ0) is 15.9. The summed E-state index contributed by atoms with van der Waals surface area (Å²) in [4.78, 5) is 29.1. The predicted molar refractivity (Wildman–Crippen MR) is 78.4 cm³/mol. The lowest BCUT2D eigenvalue weighted by atomic mass is 10.2. The Morgan fingerprint density at radius 3 is 2.82 bits per heavy atom. The lowest BCUT2D eigenvalue weighted by molar-refractivity contribution is 0.102. The van der Waals surface area contributed by atoms with Crippen LogP contribution >= 0.6 is 11.3 Å². The number of fused-ring (bicyclic) bond motifs is 1. The van der Waals surface area contributed by atoms with E-state index in [0.717, 1.165) is 18.2 Å². The van der Waals surface area contributed by atoms with Crippen LogP contribution in [0.4, 0.5) is 14.5 Å². The molecule has 1 aromatic carbocycles. The van der Waals surface area contributed by atoms with Crippen LogP contribution in [0.2, 0.25) is 0 Å². The lowest BCUT2D eigenvalue weighted by Crippen LogP contribution is -2.24. The van der Waals surface area contributed by atoms with E-state index in [4.69, 9.17) is 0 Å². The Labute approximate surface area is 126 Å². The van der Waals surface area contributed by atoms with E-state index in [1.165, 1.54) is 15.7 Å². The van der Waals surface area contributed by atoms with E-state index in [9.17, 15) is 18.4 Å². The van der Waals surface area contributed by atoms with Crippen LogP contribution in [0.15, 0.2) is 34.6 Å². The van der Waals surface area contributed by atoms with Crippen molar-refractivity contribution in [2.45, 2.75) is 6.92 Å². The van der Waals surface area contributed by atoms with Crippen LogP contribution in [0.25, 0.3) is 4.96 Å². The first-order chi connectivity index (χ1) is 10.5. The summed E-state index contributed by atoms with van der Waals surface area (Å²) in [7, 11) is 0. The third kappa shape index (κ3) is 2.37. The van der Waals surface area contributed by atoms with Crippen LogP contribution in [0.5, 0.6) is 0 Å². The van der Waals surface area contributed by atoms with Crippen molar-refractivity contribution in [2.24, 2.45) is 0 Å². The first kappa shape index (κ1) is 14.3. The third-order valence-corrected chi connectivity index (χ3v) is 3.82. The summed E-state index contributed by atoms with van der Waals surface area (Å²) in [6, 6.07) is 2.76. The van der Waals surface area contributed by atoms with Gasteiger partial charge in [-0.15, -0.1) is 11.3 Å². The number of nitrogens with zero attached hydrogens (tertiary/aromatic N) is 2. The Balaban J connectivity index is 2.00. The van der Waals surface area contributed by atoms with E-state index < -0.39 is 23.1 Å². The SMILES string of the molecule is Cc1nc2sccn2c(=O)c1NC(=O)c1ccc(F)c(F)c1. The van der Waals surface area contributed by atoms with Crippen molar-refractivity contribution in [3.63, 3.8) is 0 Å². The van der Waals surface area contributed by atoms with Crippen molar-refractivity contribution in [1.82, 2.24) is 9.38 Å². The fraction of sp³-hybridized carbons (Fsp3) is 0.0714. The molecule has 0 spiro atoms. The number of aryl methyl sites for hydroxylation is 1. The Bertz CT molecular complexity index is 949. The van der Waals surface area contributed by atoms with Crippen LogP contribution in [0, 0.1) is 18.6 Å². The molecule has 2 aromatic heterocycles. The molecule has 2 heterocycles. The van der Waals surface area contributed by atoms with Gasteiger partial charge in [-0.25, -0.2) is 13.8 Å². The highest BCUT2D eigenvalue weighted by atomic mass is 32.1. The monoisotopic (exact) mass is 321 g/mol. The molecule has 0 saturated heterocycles. The van der Waals surface area contributed by atoms with Crippen molar-refractivity contribution in [2.75, 3.05) is 5.32 Å². The van der Waals surface area contributed by atoms with Crippen LogP contribution in [0.3, 0.4) is 0 Å². The van der Waals surface area contributed by atoms with Gasteiger partial charge in [-0.05, 0) is 25.1 Å². The molecule has 0 saturated carbocycles. The van der Waals surface area contributed by atoms with Gasteiger partial charge in [0.25, 0.3) is 11.5 Å². The minimum absolute atomic E-state index is 0.00522. The summed E-state index contributed by atoms with van der Waals surface area (Å²) >= 11 is 1.29. The number of carbonyl (C=O) groups excluding carboxylic acids is 1. The molecule has 1 amide bonds. The van der Waals surface area contributed by atoms with Crippen molar-refractivity contribution < 1.29 is 13.6 Å². The molecular weight excluding hydrogens is 312 g/mol. The number of aromatic nitrogens is 2. The summed E-state index contributed by atoms with van der Waals surface area (Å²) in [5.74, 6) is -2.89. The number of thiazole rings is 1. The molecule has 8 heteroatoms. The number of rotatable bonds is 2. The van der Waals surface area contributed by atoms with Gasteiger partial charge in [-0.1, -0.05) is 0 Å². The molecule has 3 aromatic rings. The first-order valence-corrected chi connectivity index (χ1v) is 7.08. The normalized spacial score (nSPS) is 10.9. The molecule has 0 bridgehead atoms. The number of amides is 1. The van der Waals surface area contributed by atoms with Crippen LogP contribution in [-0.4, -0.2) is 15.3 Å². The highest BCUT2D eigenvalue weighted by Crippen LogP contribution is 2.15. The summed E-state index contributed by atoms with van der Waals surface area (Å²) in [5.41, 5.74) is -0.165. The second-order valence-electron chi connectivity index (χ2n) is 4.52. The number of anilines is 1. The van der Waals surface area contributed by atoms with Gasteiger partial charge in [0.1, 0.15) is 5.69 Å². The van der Waals surface area contributed by atoms with Gasteiger partial charge < -0.3 is 5.32 Å². The van der Waals surface area contributed by atoms with Crippen LogP contribution in [0.1, 0.15) is 16.1 Å². The summed E-state index contributed by atoms with van der Waals surface area (Å²) < 4.78 is 27.4. The van der Waals surface area contributed by atoms with E-state index >= 15 is 0 Å². The maximum atomic E-state index is 13.2. The molecule has 0 fully saturated rings. The molecule has 5 nitrogen and oxygen atoms in total. The van der Waals surface area contributed by atoms with Crippen molar-refractivity contribution in [3.05, 3.63) is 63.0 Å². The Morgan fingerprint density at radius 1 is 1.32 bits per heavy atom. The average Bonchev–Trinajstić information content (AvgIpc) is 2.94. The van der Waals surface area contributed by atoms with Crippen LogP contribution in [-0.2, 0) is 0 Å². The minimum atomic E-state index is -1.13. The van der Waals surface area contributed by atoms with Gasteiger partial charge in [0.05, 0.1) is 5.69 Å². The molecule has 112 valence electrons. The van der Waals surface area contributed by atoms with Gasteiger partial charge in [0, 0.05) is 17.1 Å². The molecule has 0 aliphatic carbocycles. The van der Waals surface area contributed by atoms with E-state index in [1.54, 1.807) is 18.5 Å². The largest absolute Gasteiger partial charge is 0.316 e. The highest BCUT2D eigenvalue weighted by molar-refractivity contribution is 7.15. The van der Waals surface area contributed by atoms with Gasteiger partial charge in [-0.3, -0.25) is 14.0 Å². The van der Waals surface area contributed by atoms with Crippen molar-refractivity contribution in [1.29, 1.82) is 0 Å². The number of carbonyl (C=O) groups is 1. The van der Waals surface area contributed by atoms with Gasteiger partial charge >= 0.3 is 0 Å². The molecule has 0 radical (unpaired) electrons. The third-order valence-electron chi connectivity index (χ3n) is 3.07. The number of nitrogens with one attached hydrogen (secondary N) is 1. The number of hydrogen-bond donors (Lipinski definition) is 1. The Morgan fingerprint density at radius 2 is 2.09 bits per heavy atom. The summed E-state index contributed by atoms with van der Waals surface area (Å²) in [6.45, 7) is 1.59. The first-order valence-electron chi connectivity index (χ1n) is 6.20. The van der Waals surface area contributed by atoms with Gasteiger partial charge in [0.2, 0.25) is 0 Å². The smallest absolute Gasteiger partial charge is 0.282 e. The maximum Gasteiger partial charge on any atom is 0.282 e. The second kappa shape index (κ2) is 5.30. The molecule has 3 rings (SSSR count). The van der Waals surface area contributed by atoms with Crippen molar-refractivity contribution >= 4 is 27.9 Å². The fourth-order valence-corrected chi connectivity index (χ4v) is 2.70. The summed E-state index contributed by atoms with van der Waals surface area (Å²) in [5, 5.41) is 4.10. The highest BCUT2D eigenvalue weighted by Gasteiger charge is 2.15. The lowest BCUT2D eigenvalue weighted by Gasteiger charge is -2.08. The molecule has 1 N–H and O–H groups in total. The minimum Gasteiger partial charge on any atom is -0.316 e. The molecule has 22 heavy (non-hydrogen) atoms. The molecule has 0 aliphatic rings. The number of halogens is 2. The molecule has 0 aliphatic heterocycles. The van der Waals surface area contributed by atoms with E-state index in [0.29, 0.717) is 10.7 Å². The van der Waals surface area contributed by atoms with Gasteiger partial charge in [-0.2, -0.15) is 0 Å². The zero-order valence-electron chi connectivity index (χ0n) is 11.3. The second-order valence-corrected chi connectivity index (χ2v) is 5.39. The Kier molecular flexibility index (Phi) is 3.45. The maximum absolute atomic E-state index is 13.2. The number of benzene rings is 1. The van der Waals surface area contributed by atoms with E-state index in [2.05, 4.69) is 10.3 Å². The number of hydrogen-bond acceptors (Lipinski definition) is 4. The zero-order valence-corrected chi connectivity index (χ0v) is 12.1. The van der Waals surface area contributed by atoms with Crippen LogP contribution < -0.4 is 10.9 Å². The fourth-order valence-electron chi connectivity index (χ4n) is 1.95. The molecule has 0 atom stereocenters. The topological polar surface area (TPSA) is 63.5 Å². The average molecular weight is 321 g/mol. The summed E-state index contributed by atoms with van der Waals surface area (Å²) in [6.07, 6.45) is 1.54. The predicted octanol–water partition coefficient (Wildman–Crippen LogP) is 2.59. The molecule has 0 unspecified atom stereocenters. The quantitative estimate of drug-likeness (QED) is 0.789. The van der Waals surface area contributed by atoms with Crippen molar-refractivity contribution in [3.8, 4) is 0 Å². The van der Waals surface area contributed by atoms with Gasteiger partial charge in [0.15, 0.2) is 16.6 Å². The standard InChI is InChI=1S/C14H9F2N3O2S/c1-7-11(13(21)19-4-5-22-14(19)17-7)18-12(20)8-2-3-9(15)10(16)6-8/h2-6H,1H3,(H,18,20). The van der Waals surface area contributed by atoms with E-state index in [1.807, 2.05) is 0 Å².